The van der Waals surface area contributed by atoms with E-state index in [9.17, 15) is 18.0 Å². The average Bonchev–Trinajstić information content (AvgIpc) is 3.15. The van der Waals surface area contributed by atoms with Crippen LogP contribution in [0.4, 0.5) is 5.69 Å². The summed E-state index contributed by atoms with van der Waals surface area (Å²) in [6.07, 6.45) is 11.0. The number of carbonyl (C=O) groups excluding carboxylic acids is 2. The van der Waals surface area contributed by atoms with Crippen LogP contribution in [0.15, 0.2) is 23.1 Å². The highest BCUT2D eigenvalue weighted by atomic mass is 32.2. The quantitative estimate of drug-likeness (QED) is 0.745. The Labute approximate surface area is 191 Å². The fourth-order valence-corrected chi connectivity index (χ4v) is 6.91. The van der Waals surface area contributed by atoms with Crippen LogP contribution in [-0.2, 0) is 26.0 Å². The highest BCUT2D eigenvalue weighted by Gasteiger charge is 2.38. The fraction of sp³-hybridized carbons (Fsp3) is 0.667. The summed E-state index contributed by atoms with van der Waals surface area (Å²) in [4.78, 5) is 27.4. The van der Waals surface area contributed by atoms with Crippen molar-refractivity contribution in [3.63, 3.8) is 0 Å². The molecule has 0 bridgehead atoms. The van der Waals surface area contributed by atoms with Crippen molar-refractivity contribution in [3.8, 4) is 0 Å². The maximum Gasteiger partial charge on any atom is 0.243 e. The van der Waals surface area contributed by atoms with Crippen molar-refractivity contribution in [1.82, 2.24) is 9.62 Å². The number of sulfonamides is 1. The minimum Gasteiger partial charge on any atom is -0.352 e. The number of hydrogen-bond donors (Lipinski definition) is 1. The number of fused-ring (bicyclic) bond motifs is 1. The second-order valence-electron chi connectivity index (χ2n) is 9.41. The van der Waals surface area contributed by atoms with Gasteiger partial charge in [0.2, 0.25) is 21.8 Å². The number of carbonyl (C=O) groups is 2. The topological polar surface area (TPSA) is 86.8 Å². The lowest BCUT2D eigenvalue weighted by Crippen LogP contribution is -2.50. The first-order valence-electron chi connectivity index (χ1n) is 12.1. The van der Waals surface area contributed by atoms with E-state index in [0.29, 0.717) is 25.2 Å². The van der Waals surface area contributed by atoms with Gasteiger partial charge in [-0.25, -0.2) is 8.42 Å². The fourth-order valence-electron chi connectivity index (χ4n) is 5.34. The van der Waals surface area contributed by atoms with Gasteiger partial charge in [0.05, 0.1) is 4.90 Å². The molecule has 1 saturated heterocycles. The summed E-state index contributed by atoms with van der Waals surface area (Å²) in [5.74, 6) is -0.337. The van der Waals surface area contributed by atoms with E-state index in [1.54, 1.807) is 22.5 Å². The number of benzene rings is 1. The Bertz CT molecular complexity index is 948. The van der Waals surface area contributed by atoms with Crippen molar-refractivity contribution in [2.75, 3.05) is 18.0 Å². The second kappa shape index (κ2) is 9.91. The van der Waals surface area contributed by atoms with E-state index in [0.717, 1.165) is 50.5 Å². The highest BCUT2D eigenvalue weighted by Crippen LogP contribution is 2.35. The van der Waals surface area contributed by atoms with Gasteiger partial charge in [0, 0.05) is 38.2 Å². The van der Waals surface area contributed by atoms with Crippen LogP contribution in [0.25, 0.3) is 0 Å². The zero-order valence-electron chi connectivity index (χ0n) is 19.0. The molecule has 1 atom stereocenters. The van der Waals surface area contributed by atoms with Gasteiger partial charge in [0.1, 0.15) is 6.04 Å². The van der Waals surface area contributed by atoms with Gasteiger partial charge in [-0.15, -0.1) is 0 Å². The summed E-state index contributed by atoms with van der Waals surface area (Å²) < 4.78 is 27.8. The largest absolute Gasteiger partial charge is 0.352 e. The standard InChI is InChI=1S/C24H35N3O4S/c1-18(28)27-22-13-12-21(32(30,31)26-14-8-5-9-15-26)16-19(22)17-23(27)24(29)25-20-10-6-3-2-4-7-11-20/h12-13,16,20,23H,2-11,14-15,17H2,1H3,(H,25,29). The van der Waals surface area contributed by atoms with Crippen molar-refractivity contribution < 1.29 is 18.0 Å². The molecule has 7 nitrogen and oxygen atoms in total. The molecule has 3 aliphatic rings. The molecule has 1 aromatic rings. The molecule has 0 radical (unpaired) electrons. The molecule has 1 saturated carbocycles. The first-order chi connectivity index (χ1) is 15.4. The van der Waals surface area contributed by atoms with E-state index in [4.69, 9.17) is 0 Å². The first-order valence-corrected chi connectivity index (χ1v) is 13.5. The van der Waals surface area contributed by atoms with Crippen LogP contribution >= 0.6 is 0 Å². The van der Waals surface area contributed by atoms with Crippen LogP contribution in [0.1, 0.15) is 76.7 Å². The molecule has 1 aliphatic carbocycles. The monoisotopic (exact) mass is 461 g/mol. The number of anilines is 1. The number of rotatable bonds is 4. The average molecular weight is 462 g/mol. The normalized spacial score (nSPS) is 23.3. The van der Waals surface area contributed by atoms with E-state index in [1.165, 1.54) is 31.1 Å². The lowest BCUT2D eigenvalue weighted by Gasteiger charge is -2.27. The Morgan fingerprint density at radius 3 is 2.22 bits per heavy atom. The molecule has 1 unspecified atom stereocenters. The number of amides is 2. The van der Waals surface area contributed by atoms with Gasteiger partial charge in [-0.1, -0.05) is 38.5 Å². The van der Waals surface area contributed by atoms with Gasteiger partial charge in [-0.05, 0) is 49.4 Å². The molecule has 1 aromatic carbocycles. The van der Waals surface area contributed by atoms with Crippen LogP contribution < -0.4 is 10.2 Å². The molecule has 4 rings (SSSR count). The zero-order valence-corrected chi connectivity index (χ0v) is 19.8. The SMILES string of the molecule is CC(=O)N1c2ccc(S(=O)(=O)N3CCCCC3)cc2CC1C(=O)NC1CCCCCCC1. The summed E-state index contributed by atoms with van der Waals surface area (Å²) in [7, 11) is -3.56. The van der Waals surface area contributed by atoms with Crippen LogP contribution in [0.2, 0.25) is 0 Å². The Morgan fingerprint density at radius 1 is 0.938 bits per heavy atom. The predicted octanol–water partition coefficient (Wildman–Crippen LogP) is 3.37. The van der Waals surface area contributed by atoms with Crippen molar-refractivity contribution in [2.24, 2.45) is 0 Å². The molecule has 176 valence electrons. The number of nitrogens with one attached hydrogen (secondary N) is 1. The van der Waals surface area contributed by atoms with Crippen LogP contribution in [-0.4, -0.2) is 49.7 Å². The molecule has 1 N–H and O–H groups in total. The van der Waals surface area contributed by atoms with Crippen molar-refractivity contribution in [3.05, 3.63) is 23.8 Å². The molecular weight excluding hydrogens is 426 g/mol. The Balaban J connectivity index is 1.53. The predicted molar refractivity (Wildman–Crippen MR) is 124 cm³/mol. The molecule has 0 aromatic heterocycles. The maximum absolute atomic E-state index is 13.2. The molecule has 32 heavy (non-hydrogen) atoms. The first kappa shape index (κ1) is 23.2. The third-order valence-electron chi connectivity index (χ3n) is 7.08. The molecular formula is C24H35N3O4S. The molecule has 2 amide bonds. The third-order valence-corrected chi connectivity index (χ3v) is 8.98. The minimum absolute atomic E-state index is 0.137. The van der Waals surface area contributed by atoms with Gasteiger partial charge in [0.15, 0.2) is 0 Å². The Kier molecular flexibility index (Phi) is 7.20. The number of piperidine rings is 1. The summed E-state index contributed by atoms with van der Waals surface area (Å²) in [6, 6.07) is 4.46. The van der Waals surface area contributed by atoms with Crippen molar-refractivity contribution in [2.45, 2.75) is 94.5 Å². The Morgan fingerprint density at radius 2 is 1.56 bits per heavy atom. The van der Waals surface area contributed by atoms with Gasteiger partial charge in [0.25, 0.3) is 0 Å². The van der Waals surface area contributed by atoms with E-state index in [2.05, 4.69) is 5.32 Å². The van der Waals surface area contributed by atoms with Gasteiger partial charge in [-0.3, -0.25) is 14.5 Å². The number of nitrogens with zero attached hydrogens (tertiary/aromatic N) is 2. The van der Waals surface area contributed by atoms with E-state index < -0.39 is 16.1 Å². The molecule has 8 heteroatoms. The van der Waals surface area contributed by atoms with Gasteiger partial charge in [-0.2, -0.15) is 4.31 Å². The molecule has 2 heterocycles. The summed E-state index contributed by atoms with van der Waals surface area (Å²) in [5.41, 5.74) is 1.39. The number of hydrogen-bond acceptors (Lipinski definition) is 4. The summed E-state index contributed by atoms with van der Waals surface area (Å²) >= 11 is 0. The van der Waals surface area contributed by atoms with Crippen molar-refractivity contribution in [1.29, 1.82) is 0 Å². The van der Waals surface area contributed by atoms with Gasteiger partial charge < -0.3 is 5.32 Å². The minimum atomic E-state index is -3.56. The molecule has 0 spiro atoms. The highest BCUT2D eigenvalue weighted by molar-refractivity contribution is 7.89. The Hall–Kier alpha value is -1.93. The summed E-state index contributed by atoms with van der Waals surface area (Å²) in [6.45, 7) is 2.56. The van der Waals surface area contributed by atoms with Gasteiger partial charge >= 0.3 is 0 Å². The maximum atomic E-state index is 13.2. The lowest BCUT2D eigenvalue weighted by atomic mass is 9.96. The van der Waals surface area contributed by atoms with E-state index in [-0.39, 0.29) is 22.8 Å². The van der Waals surface area contributed by atoms with Crippen molar-refractivity contribution >= 4 is 27.5 Å². The van der Waals surface area contributed by atoms with Crippen LogP contribution in [0, 0.1) is 0 Å². The third kappa shape index (κ3) is 4.86. The lowest BCUT2D eigenvalue weighted by molar-refractivity contribution is -0.126. The van der Waals surface area contributed by atoms with Crippen LogP contribution in [0.3, 0.4) is 0 Å². The summed E-state index contributed by atoms with van der Waals surface area (Å²) in [5, 5.41) is 3.19. The second-order valence-corrected chi connectivity index (χ2v) is 11.4. The molecule has 2 fully saturated rings. The van der Waals surface area contributed by atoms with E-state index >= 15 is 0 Å². The smallest absolute Gasteiger partial charge is 0.243 e. The van der Waals surface area contributed by atoms with E-state index in [1.807, 2.05) is 0 Å². The molecule has 2 aliphatic heterocycles. The van der Waals surface area contributed by atoms with Crippen LogP contribution in [0.5, 0.6) is 0 Å². The zero-order chi connectivity index (χ0) is 22.7.